The van der Waals surface area contributed by atoms with Crippen molar-refractivity contribution in [2.45, 2.75) is 32.4 Å². The predicted molar refractivity (Wildman–Crippen MR) is 135 cm³/mol. The molecule has 2 aromatic carbocycles. The highest BCUT2D eigenvalue weighted by Gasteiger charge is 2.20. The quantitative estimate of drug-likeness (QED) is 0.475. The molecule has 3 aromatic rings. The maximum atomic E-state index is 5.46. The standard InChI is InChI=1S/C26H33N5O3/c1-18-16-27-26(29-20-10-12-31(13-11-20)17-19-8-6-5-7-9-19)30-25(18)28-21-14-22(32-2)24(34-4)23(15-21)33-3/h5-9,14-16,20H,10-13,17H2,1-4H3,(H2,27,28,29,30). The van der Waals surface area contributed by atoms with E-state index in [2.05, 4.69) is 50.8 Å². The van der Waals surface area contributed by atoms with Crippen molar-refractivity contribution in [1.29, 1.82) is 0 Å². The Morgan fingerprint density at radius 2 is 1.65 bits per heavy atom. The number of methoxy groups -OCH3 is 3. The zero-order chi connectivity index (χ0) is 23.9. The average Bonchev–Trinajstić information content (AvgIpc) is 2.87. The SMILES string of the molecule is COc1cc(Nc2nc(NC3CCN(Cc4ccccc4)CC3)ncc2C)cc(OC)c1OC. The summed E-state index contributed by atoms with van der Waals surface area (Å²) in [5.41, 5.74) is 3.09. The largest absolute Gasteiger partial charge is 0.493 e. The number of piperidine rings is 1. The van der Waals surface area contributed by atoms with Crippen LogP contribution in [0.2, 0.25) is 0 Å². The topological polar surface area (TPSA) is 80.8 Å². The van der Waals surface area contributed by atoms with E-state index in [1.54, 1.807) is 21.3 Å². The first-order valence-corrected chi connectivity index (χ1v) is 11.5. The Bertz CT molecular complexity index is 1060. The Hall–Kier alpha value is -3.52. The van der Waals surface area contributed by atoms with Gasteiger partial charge in [0.25, 0.3) is 0 Å². The zero-order valence-electron chi connectivity index (χ0n) is 20.3. The summed E-state index contributed by atoms with van der Waals surface area (Å²) in [4.78, 5) is 11.8. The highest BCUT2D eigenvalue weighted by Crippen LogP contribution is 2.40. The first kappa shape index (κ1) is 23.6. The molecule has 0 aliphatic carbocycles. The molecule has 1 saturated heterocycles. The average molecular weight is 464 g/mol. The fraction of sp³-hybridized carbons (Fsp3) is 0.385. The number of aromatic nitrogens is 2. The van der Waals surface area contributed by atoms with Crippen molar-refractivity contribution in [2.75, 3.05) is 45.1 Å². The molecular weight excluding hydrogens is 430 g/mol. The van der Waals surface area contributed by atoms with Gasteiger partial charge in [-0.15, -0.1) is 0 Å². The molecule has 4 rings (SSSR count). The van der Waals surface area contributed by atoms with E-state index in [1.165, 1.54) is 5.56 Å². The molecule has 0 saturated carbocycles. The summed E-state index contributed by atoms with van der Waals surface area (Å²) in [6.07, 6.45) is 3.94. The monoisotopic (exact) mass is 463 g/mol. The van der Waals surface area contributed by atoms with Crippen LogP contribution in [0.4, 0.5) is 17.5 Å². The Morgan fingerprint density at radius 3 is 2.26 bits per heavy atom. The Balaban J connectivity index is 1.40. The summed E-state index contributed by atoms with van der Waals surface area (Å²) in [7, 11) is 4.79. The first-order chi connectivity index (χ1) is 16.6. The second-order valence-corrected chi connectivity index (χ2v) is 8.44. The number of nitrogens with one attached hydrogen (secondary N) is 2. The summed E-state index contributed by atoms with van der Waals surface area (Å²) >= 11 is 0. The Kier molecular flexibility index (Phi) is 7.69. The molecule has 8 nitrogen and oxygen atoms in total. The zero-order valence-corrected chi connectivity index (χ0v) is 20.3. The second-order valence-electron chi connectivity index (χ2n) is 8.44. The van der Waals surface area contributed by atoms with E-state index in [0.29, 0.717) is 29.2 Å². The molecule has 180 valence electrons. The van der Waals surface area contributed by atoms with Gasteiger partial charge in [0.1, 0.15) is 5.82 Å². The van der Waals surface area contributed by atoms with Crippen molar-refractivity contribution in [3.05, 3.63) is 59.8 Å². The molecule has 0 unspecified atom stereocenters. The number of ether oxygens (including phenoxy) is 3. The Labute approximate surface area is 201 Å². The minimum Gasteiger partial charge on any atom is -0.493 e. The van der Waals surface area contributed by atoms with Crippen LogP contribution < -0.4 is 24.8 Å². The molecule has 1 fully saturated rings. The van der Waals surface area contributed by atoms with Crippen LogP contribution in [-0.4, -0.2) is 55.3 Å². The van der Waals surface area contributed by atoms with Crippen LogP contribution in [0.3, 0.4) is 0 Å². The molecule has 1 aliphatic heterocycles. The summed E-state index contributed by atoms with van der Waals surface area (Å²) in [5, 5.41) is 6.89. The smallest absolute Gasteiger partial charge is 0.224 e. The molecule has 8 heteroatoms. The van der Waals surface area contributed by atoms with E-state index in [1.807, 2.05) is 25.3 Å². The normalized spacial score (nSPS) is 14.5. The maximum Gasteiger partial charge on any atom is 0.224 e. The summed E-state index contributed by atoms with van der Waals surface area (Å²) < 4.78 is 16.3. The van der Waals surface area contributed by atoms with Crippen molar-refractivity contribution in [2.24, 2.45) is 0 Å². The van der Waals surface area contributed by atoms with Gasteiger partial charge in [-0.05, 0) is 25.3 Å². The molecule has 1 aromatic heterocycles. The van der Waals surface area contributed by atoms with Crippen molar-refractivity contribution < 1.29 is 14.2 Å². The lowest BCUT2D eigenvalue weighted by molar-refractivity contribution is 0.211. The fourth-order valence-corrected chi connectivity index (χ4v) is 4.19. The number of aryl methyl sites for hydroxylation is 1. The van der Waals surface area contributed by atoms with Crippen LogP contribution in [0.1, 0.15) is 24.0 Å². The molecule has 2 heterocycles. The van der Waals surface area contributed by atoms with Crippen LogP contribution >= 0.6 is 0 Å². The molecule has 34 heavy (non-hydrogen) atoms. The fourth-order valence-electron chi connectivity index (χ4n) is 4.19. The number of likely N-dealkylation sites (tertiary alicyclic amines) is 1. The molecule has 0 amide bonds. The van der Waals surface area contributed by atoms with Crippen LogP contribution in [0.5, 0.6) is 17.2 Å². The van der Waals surface area contributed by atoms with E-state index in [-0.39, 0.29) is 0 Å². The van der Waals surface area contributed by atoms with E-state index < -0.39 is 0 Å². The van der Waals surface area contributed by atoms with E-state index >= 15 is 0 Å². The van der Waals surface area contributed by atoms with Gasteiger partial charge in [-0.25, -0.2) is 4.98 Å². The van der Waals surface area contributed by atoms with Gasteiger partial charge in [0.2, 0.25) is 11.7 Å². The number of benzene rings is 2. The van der Waals surface area contributed by atoms with Gasteiger partial charge in [0.15, 0.2) is 11.5 Å². The van der Waals surface area contributed by atoms with Crippen molar-refractivity contribution in [3.8, 4) is 17.2 Å². The van der Waals surface area contributed by atoms with Gasteiger partial charge in [0.05, 0.1) is 21.3 Å². The van der Waals surface area contributed by atoms with E-state index in [0.717, 1.165) is 49.5 Å². The number of anilines is 3. The van der Waals surface area contributed by atoms with Gasteiger partial charge in [-0.2, -0.15) is 4.98 Å². The van der Waals surface area contributed by atoms with Crippen LogP contribution in [-0.2, 0) is 6.54 Å². The third-order valence-corrected chi connectivity index (χ3v) is 6.07. The lowest BCUT2D eigenvalue weighted by atomic mass is 10.0. The first-order valence-electron chi connectivity index (χ1n) is 11.5. The summed E-state index contributed by atoms with van der Waals surface area (Å²) in [6.45, 7) is 5.08. The molecule has 0 bridgehead atoms. The maximum absolute atomic E-state index is 5.46. The van der Waals surface area contributed by atoms with Gasteiger partial charge in [0, 0.05) is 55.3 Å². The molecule has 1 aliphatic rings. The number of hydrogen-bond acceptors (Lipinski definition) is 8. The predicted octanol–water partition coefficient (Wildman–Crippen LogP) is 4.63. The van der Waals surface area contributed by atoms with Gasteiger partial charge < -0.3 is 24.8 Å². The van der Waals surface area contributed by atoms with E-state index in [4.69, 9.17) is 19.2 Å². The summed E-state index contributed by atoms with van der Waals surface area (Å²) in [5.74, 6) is 3.07. The van der Waals surface area contributed by atoms with Gasteiger partial charge in [-0.3, -0.25) is 4.90 Å². The van der Waals surface area contributed by atoms with Crippen molar-refractivity contribution in [3.63, 3.8) is 0 Å². The van der Waals surface area contributed by atoms with Crippen molar-refractivity contribution in [1.82, 2.24) is 14.9 Å². The molecule has 0 spiro atoms. The third-order valence-electron chi connectivity index (χ3n) is 6.07. The molecule has 0 radical (unpaired) electrons. The van der Waals surface area contributed by atoms with Crippen LogP contribution in [0, 0.1) is 6.92 Å². The molecular formula is C26H33N5O3. The minimum absolute atomic E-state index is 0.351. The van der Waals surface area contributed by atoms with Gasteiger partial charge in [-0.1, -0.05) is 30.3 Å². The lowest BCUT2D eigenvalue weighted by Gasteiger charge is -2.32. The highest BCUT2D eigenvalue weighted by atomic mass is 16.5. The number of hydrogen-bond donors (Lipinski definition) is 2. The van der Waals surface area contributed by atoms with Gasteiger partial charge >= 0.3 is 0 Å². The van der Waals surface area contributed by atoms with Crippen LogP contribution in [0.25, 0.3) is 0 Å². The number of nitrogens with zero attached hydrogens (tertiary/aromatic N) is 3. The Morgan fingerprint density at radius 1 is 0.971 bits per heavy atom. The number of rotatable bonds is 9. The summed E-state index contributed by atoms with van der Waals surface area (Å²) in [6, 6.07) is 14.7. The highest BCUT2D eigenvalue weighted by molar-refractivity contribution is 5.68. The van der Waals surface area contributed by atoms with Crippen LogP contribution in [0.15, 0.2) is 48.7 Å². The van der Waals surface area contributed by atoms with Crippen molar-refractivity contribution >= 4 is 17.5 Å². The molecule has 2 N–H and O–H groups in total. The molecule has 0 atom stereocenters. The van der Waals surface area contributed by atoms with E-state index in [9.17, 15) is 0 Å². The second kappa shape index (κ2) is 11.1. The third kappa shape index (κ3) is 5.69. The lowest BCUT2D eigenvalue weighted by Crippen LogP contribution is -2.39. The minimum atomic E-state index is 0.351.